The highest BCUT2D eigenvalue weighted by molar-refractivity contribution is 7.90. The molecule has 0 aromatic rings. The van der Waals surface area contributed by atoms with Crippen molar-refractivity contribution in [2.75, 3.05) is 0 Å². The Kier molecular flexibility index (Phi) is 17.7. The summed E-state index contributed by atoms with van der Waals surface area (Å²) in [6, 6.07) is -39.5. The third kappa shape index (κ3) is 10.3. The van der Waals surface area contributed by atoms with Gasteiger partial charge in [0.05, 0.1) is 0 Å². The van der Waals surface area contributed by atoms with Gasteiger partial charge in [-0.25, -0.2) is 30.4 Å². The third-order valence-electron chi connectivity index (χ3n) is 7.80. The number of phosphoric ester groups is 1. The van der Waals surface area contributed by atoms with E-state index in [0.717, 1.165) is 9.05 Å². The van der Waals surface area contributed by atoms with Crippen LogP contribution in [0, 0.1) is 0 Å². The quantitative estimate of drug-likeness (QED) is 0.0644. The van der Waals surface area contributed by atoms with Crippen LogP contribution in [0.15, 0.2) is 0 Å². The molecule has 0 aliphatic heterocycles. The monoisotopic (exact) mass is 1330 g/mol. The van der Waals surface area contributed by atoms with E-state index in [9.17, 15) is 215 Å². The lowest BCUT2D eigenvalue weighted by Gasteiger charge is -2.44. The summed E-state index contributed by atoms with van der Waals surface area (Å²) in [5, 5.41) is -20.3. The minimum atomic E-state index is -11.3. The Bertz CT molecular complexity index is 2290. The van der Waals surface area contributed by atoms with Crippen LogP contribution >= 0.6 is 7.82 Å². The van der Waals surface area contributed by atoms with E-state index in [2.05, 4.69) is 0 Å². The molecular weight excluding hydrogens is 1330 g/mol. The highest BCUT2D eigenvalue weighted by atomic mass is 32.2. The number of hydrogen-bond acceptors (Lipinski definition) is 7. The maximum Gasteiger partial charge on any atom is 0.482 e. The lowest BCUT2D eigenvalue weighted by molar-refractivity contribution is -0.438. The largest absolute Gasteiger partial charge is 0.482 e. The fourth-order valence-corrected chi connectivity index (χ4v) is 7.73. The van der Waals surface area contributed by atoms with Crippen LogP contribution in [-0.4, -0.2) is 149 Å². The van der Waals surface area contributed by atoms with Crippen molar-refractivity contribution in [3.05, 3.63) is 0 Å². The average Bonchev–Trinajstić information content (AvgIpc) is 3.10. The van der Waals surface area contributed by atoms with Gasteiger partial charge in [-0.05, 0) is 0 Å². The topological polar surface area (TPSA) is 131 Å². The summed E-state index contributed by atoms with van der Waals surface area (Å²) in [7, 11) is -32.9. The van der Waals surface area contributed by atoms with Crippen LogP contribution in [0.2, 0.25) is 0 Å². The van der Waals surface area contributed by atoms with Crippen LogP contribution in [0.25, 0.3) is 0 Å². The second-order valence-electron chi connectivity index (χ2n) is 13.0. The molecule has 0 saturated carbocycles. The van der Waals surface area contributed by atoms with E-state index in [1.54, 1.807) is 0 Å². The number of rotatable bonds is 22. The van der Waals surface area contributed by atoms with Gasteiger partial charge in [0.25, 0.3) is 20.0 Å². The Labute approximate surface area is 385 Å². The Morgan fingerprint density at radius 1 is 0.273 bits per heavy atom. The molecule has 1 N–H and O–H groups in total. The van der Waals surface area contributed by atoms with E-state index in [0.29, 0.717) is 0 Å². The van der Waals surface area contributed by atoms with Crippen LogP contribution in [0.3, 0.4) is 0 Å². The molecule has 0 spiro atoms. The first-order chi connectivity index (χ1) is 32.1. The molecule has 0 heterocycles. The first-order valence-electron chi connectivity index (χ1n) is 15.3. The summed E-state index contributed by atoms with van der Waals surface area (Å²) >= 11 is 0. The zero-order chi connectivity index (χ0) is 64.1. The van der Waals surface area contributed by atoms with Crippen LogP contribution < -0.4 is 0 Å². The van der Waals surface area contributed by atoms with Crippen molar-refractivity contribution >= 4 is 27.9 Å². The number of phosphoric acid groups is 1. The van der Waals surface area contributed by atoms with Gasteiger partial charge >= 0.3 is 127 Å². The molecule has 77 heavy (non-hydrogen) atoms. The molecule has 0 aromatic heterocycles. The minimum Gasteiger partial charge on any atom is -0.302 e. The molecule has 0 aliphatic rings. The van der Waals surface area contributed by atoms with Gasteiger partial charge in [-0.3, -0.25) is 0 Å². The second kappa shape index (κ2) is 18.4. The fourth-order valence-electron chi connectivity index (χ4n) is 3.90. The summed E-state index contributed by atoms with van der Waals surface area (Å²) in [6.45, 7) is 0. The van der Waals surface area contributed by atoms with Crippen molar-refractivity contribution in [2.24, 2.45) is 0 Å². The SMILES string of the molecule is O=P(O)(OC(F)(F)C(F)(F)N(C(F)(F)C(F)(F)F)S(=O)(=O)C(F)(F)C(F)(F)C(F)(F)C(F)(F)C(F)(F)C(F)(F)F)OC(F)(F)C(F)(F)N(C(F)(F)C(F)(F)F)S(=O)(=O)C(F)(F)C(F)(F)C(F)(F)C(F)(F)C(F)(F)C(F)(F)F. The standard InChI is InChI=1S/C20HF44N2O8PS2/c21-1(22,5(29,30)9(37,38)39)3(25,26)7(33,34)19(61,62)76(69,70)65(13(49,50)11(43,44)45)15(53,54)17(57,58)73-75(67,68)74-18(59,60)16(55,56)66(14(51,52)12(46,47)48)77(71,72)20(63,64)8(35,36)4(27,28)2(23,24)6(31,32)10(40,41)42/h(H,67,68). The van der Waals surface area contributed by atoms with Crippen molar-refractivity contribution in [3.63, 3.8) is 0 Å². The molecule has 57 heteroatoms. The zero-order valence-electron chi connectivity index (χ0n) is 32.1. The smallest absolute Gasteiger partial charge is 0.302 e. The number of nitrogens with zero attached hydrogens (tertiary/aromatic N) is 2. The summed E-state index contributed by atoms with van der Waals surface area (Å²) in [4.78, 5) is 8.76. The maximum atomic E-state index is 14.7. The van der Waals surface area contributed by atoms with E-state index in [1.165, 1.54) is 0 Å². The Balaban J connectivity index is 8.54. The van der Waals surface area contributed by atoms with Gasteiger partial charge in [0.2, 0.25) is 0 Å². The Morgan fingerprint density at radius 2 is 0.442 bits per heavy atom. The fraction of sp³-hybridized carbons (Fsp3) is 1.00. The van der Waals surface area contributed by atoms with E-state index in [1.807, 2.05) is 0 Å². The Morgan fingerprint density at radius 3 is 0.597 bits per heavy atom. The number of halogens is 44. The molecule has 0 amide bonds. The highest BCUT2D eigenvalue weighted by Gasteiger charge is 2.97. The molecule has 0 aromatic carbocycles. The van der Waals surface area contributed by atoms with Crippen molar-refractivity contribution in [1.82, 2.24) is 8.61 Å². The van der Waals surface area contributed by atoms with Crippen LogP contribution in [0.4, 0.5) is 193 Å². The molecule has 0 bridgehead atoms. The Hall–Kier alpha value is -3.15. The molecule has 0 radical (unpaired) electrons. The minimum absolute atomic E-state index is 0.958. The molecule has 0 aliphatic carbocycles. The van der Waals surface area contributed by atoms with Gasteiger partial charge in [-0.15, -0.1) is 0 Å². The van der Waals surface area contributed by atoms with E-state index >= 15 is 0 Å². The third-order valence-corrected chi connectivity index (χ3v) is 12.4. The molecule has 0 fully saturated rings. The molecule has 0 unspecified atom stereocenters. The van der Waals surface area contributed by atoms with E-state index < -0.39 is 155 Å². The lowest BCUT2D eigenvalue weighted by Crippen LogP contribution is -2.75. The predicted octanol–water partition coefficient (Wildman–Crippen LogP) is 12.5. The van der Waals surface area contributed by atoms with Gasteiger partial charge in [0.15, 0.2) is 0 Å². The number of hydrogen-bond donors (Lipinski definition) is 1. The van der Waals surface area contributed by atoms with E-state index in [4.69, 9.17) is 4.89 Å². The van der Waals surface area contributed by atoms with Crippen molar-refractivity contribution in [2.45, 2.75) is 119 Å². The van der Waals surface area contributed by atoms with Crippen molar-refractivity contribution in [1.29, 1.82) is 0 Å². The second-order valence-corrected chi connectivity index (χ2v) is 18.0. The molecule has 464 valence electrons. The number of sulfonamides is 2. The van der Waals surface area contributed by atoms with Crippen LogP contribution in [0.1, 0.15) is 0 Å². The summed E-state index contributed by atoms with van der Waals surface area (Å²) in [5.74, 6) is -77.7. The molecule has 10 nitrogen and oxygen atoms in total. The molecular formula is C20HF44N2O8PS2. The number of alkyl halides is 44. The highest BCUT2D eigenvalue weighted by Crippen LogP contribution is 2.67. The zero-order valence-corrected chi connectivity index (χ0v) is 34.6. The van der Waals surface area contributed by atoms with Gasteiger partial charge in [-0.2, -0.15) is 193 Å². The first kappa shape index (κ1) is 73.8. The van der Waals surface area contributed by atoms with Gasteiger partial charge in [0, 0.05) is 0 Å². The van der Waals surface area contributed by atoms with Gasteiger partial charge in [0.1, 0.15) is 0 Å². The van der Waals surface area contributed by atoms with Crippen LogP contribution in [0.5, 0.6) is 0 Å². The summed E-state index contributed by atoms with van der Waals surface area (Å²) in [5.41, 5.74) is 0. The van der Waals surface area contributed by atoms with Crippen molar-refractivity contribution < 1.29 is 229 Å². The average molecular weight is 1330 g/mol. The van der Waals surface area contributed by atoms with E-state index in [-0.39, 0.29) is 0 Å². The normalized spacial score (nSPS) is 17.2. The summed E-state index contributed by atoms with van der Waals surface area (Å²) < 4.78 is 648. The van der Waals surface area contributed by atoms with Crippen molar-refractivity contribution in [3.8, 4) is 0 Å². The molecule has 0 saturated heterocycles. The van der Waals surface area contributed by atoms with Gasteiger partial charge < -0.3 is 4.89 Å². The summed E-state index contributed by atoms with van der Waals surface area (Å²) in [6.07, 6.45) is -54.8. The van der Waals surface area contributed by atoms with Gasteiger partial charge in [-0.1, -0.05) is 8.61 Å². The molecule has 0 rings (SSSR count). The predicted molar refractivity (Wildman–Crippen MR) is 137 cm³/mol. The first-order valence-corrected chi connectivity index (χ1v) is 19.7. The van der Waals surface area contributed by atoms with Crippen LogP contribution in [-0.2, 0) is 33.7 Å². The maximum absolute atomic E-state index is 14.7. The molecule has 0 atom stereocenters. The lowest BCUT2D eigenvalue weighted by atomic mass is 9.98.